The van der Waals surface area contributed by atoms with Crippen molar-refractivity contribution < 1.29 is 5.11 Å². The second-order valence-corrected chi connectivity index (χ2v) is 10.8. The van der Waals surface area contributed by atoms with Crippen molar-refractivity contribution in [3.63, 3.8) is 0 Å². The van der Waals surface area contributed by atoms with E-state index in [-0.39, 0.29) is 0 Å². The van der Waals surface area contributed by atoms with Crippen molar-refractivity contribution in [3.05, 3.63) is 35.9 Å². The Labute approximate surface area is 87.8 Å². The van der Waals surface area contributed by atoms with Gasteiger partial charge in [0.05, 0.1) is 0 Å². The topological polar surface area (TPSA) is 23.1 Å². The largest absolute Gasteiger partial charge is 0.846 e. The first-order valence-electron chi connectivity index (χ1n) is 5.07. The smallest absolute Gasteiger partial charge is 0.0437 e. The average molecular weight is 207 g/mol. The summed E-state index contributed by atoms with van der Waals surface area (Å²) in [7, 11) is -1.29. The standard InChI is InChI=1S/C12H19OSi/c1-12(13,10-14(2,3)4)11-8-6-5-7-9-11/h5-9H,10H2,1-4H3/q-1. The monoisotopic (exact) mass is 207 g/mol. The van der Waals surface area contributed by atoms with Gasteiger partial charge in [0.2, 0.25) is 0 Å². The molecule has 0 heterocycles. The molecule has 0 fully saturated rings. The zero-order valence-electron chi connectivity index (χ0n) is 9.50. The van der Waals surface area contributed by atoms with Gasteiger partial charge < -0.3 is 5.11 Å². The van der Waals surface area contributed by atoms with Gasteiger partial charge in [-0.25, -0.2) is 0 Å². The number of hydrogen-bond acceptors (Lipinski definition) is 1. The predicted octanol–water partition coefficient (Wildman–Crippen LogP) is 2.60. The van der Waals surface area contributed by atoms with Crippen molar-refractivity contribution in [2.75, 3.05) is 0 Å². The summed E-state index contributed by atoms with van der Waals surface area (Å²) in [4.78, 5) is 0. The first kappa shape index (κ1) is 11.5. The molecule has 14 heavy (non-hydrogen) atoms. The molecular formula is C12H19OSi-. The number of benzene rings is 1. The molecule has 0 saturated carbocycles. The van der Waals surface area contributed by atoms with Crippen LogP contribution in [-0.2, 0) is 5.60 Å². The van der Waals surface area contributed by atoms with Gasteiger partial charge in [0.25, 0.3) is 0 Å². The van der Waals surface area contributed by atoms with E-state index in [1.807, 2.05) is 30.3 Å². The lowest BCUT2D eigenvalue weighted by Crippen LogP contribution is -2.43. The fraction of sp³-hybridized carbons (Fsp3) is 0.500. The Kier molecular flexibility index (Phi) is 3.17. The van der Waals surface area contributed by atoms with Crippen LogP contribution in [-0.4, -0.2) is 8.07 Å². The first-order chi connectivity index (χ1) is 6.31. The lowest BCUT2D eigenvalue weighted by molar-refractivity contribution is -0.475. The summed E-state index contributed by atoms with van der Waals surface area (Å²) < 4.78 is 0. The zero-order valence-corrected chi connectivity index (χ0v) is 10.5. The summed E-state index contributed by atoms with van der Waals surface area (Å²) in [6.07, 6.45) is 0. The maximum Gasteiger partial charge on any atom is 0.0437 e. The van der Waals surface area contributed by atoms with E-state index >= 15 is 0 Å². The van der Waals surface area contributed by atoms with Crippen molar-refractivity contribution in [2.45, 2.75) is 38.2 Å². The lowest BCUT2D eigenvalue weighted by Gasteiger charge is -2.41. The summed E-state index contributed by atoms with van der Waals surface area (Å²) in [6, 6.07) is 10.5. The third-order valence-electron chi connectivity index (χ3n) is 2.25. The molecule has 1 atom stereocenters. The molecule has 0 saturated heterocycles. The molecule has 2 heteroatoms. The van der Waals surface area contributed by atoms with E-state index in [0.717, 1.165) is 11.6 Å². The highest BCUT2D eigenvalue weighted by atomic mass is 28.3. The second-order valence-electron chi connectivity index (χ2n) is 5.33. The maximum atomic E-state index is 12.4. The van der Waals surface area contributed by atoms with Crippen LogP contribution in [0.2, 0.25) is 25.7 Å². The highest BCUT2D eigenvalue weighted by Gasteiger charge is 2.22. The van der Waals surface area contributed by atoms with E-state index in [4.69, 9.17) is 0 Å². The molecule has 0 amide bonds. The van der Waals surface area contributed by atoms with Crippen LogP contribution in [0.3, 0.4) is 0 Å². The Morgan fingerprint density at radius 3 is 2.07 bits per heavy atom. The fourth-order valence-corrected chi connectivity index (χ4v) is 4.13. The number of rotatable bonds is 3. The molecule has 0 aliphatic rings. The summed E-state index contributed by atoms with van der Waals surface area (Å²) >= 11 is 0. The van der Waals surface area contributed by atoms with E-state index < -0.39 is 13.7 Å². The number of hydrogen-bond donors (Lipinski definition) is 0. The molecule has 0 aliphatic carbocycles. The van der Waals surface area contributed by atoms with Gasteiger partial charge in [-0.15, -0.1) is 0 Å². The molecule has 1 rings (SSSR count). The van der Waals surface area contributed by atoms with Crippen LogP contribution in [0.25, 0.3) is 0 Å². The zero-order chi connectivity index (χ0) is 10.8. The minimum absolute atomic E-state index is 0.796. The van der Waals surface area contributed by atoms with Crippen LogP contribution in [0, 0.1) is 0 Å². The molecule has 0 spiro atoms. The fourth-order valence-electron chi connectivity index (χ4n) is 1.90. The van der Waals surface area contributed by atoms with E-state index in [1.165, 1.54) is 0 Å². The normalized spacial score (nSPS) is 16.4. The molecule has 0 aliphatic heterocycles. The van der Waals surface area contributed by atoms with Crippen molar-refractivity contribution in [1.29, 1.82) is 0 Å². The van der Waals surface area contributed by atoms with Crippen LogP contribution >= 0.6 is 0 Å². The van der Waals surface area contributed by atoms with Crippen LogP contribution in [0.5, 0.6) is 0 Å². The molecule has 0 aromatic heterocycles. The molecule has 1 aromatic carbocycles. The summed E-state index contributed by atoms with van der Waals surface area (Å²) in [6.45, 7) is 8.53. The van der Waals surface area contributed by atoms with Gasteiger partial charge >= 0.3 is 0 Å². The summed E-state index contributed by atoms with van der Waals surface area (Å²) in [5.41, 5.74) is 0.00793. The average Bonchev–Trinajstić information content (AvgIpc) is 2.01. The van der Waals surface area contributed by atoms with Gasteiger partial charge in [0.15, 0.2) is 0 Å². The lowest BCUT2D eigenvalue weighted by atomic mass is 9.98. The van der Waals surface area contributed by atoms with Crippen molar-refractivity contribution in [3.8, 4) is 0 Å². The van der Waals surface area contributed by atoms with Gasteiger partial charge in [0.1, 0.15) is 0 Å². The Bertz CT molecular complexity index is 285. The molecule has 0 bridgehead atoms. The minimum atomic E-state index is -1.29. The van der Waals surface area contributed by atoms with Gasteiger partial charge in [0, 0.05) is 8.07 Å². The van der Waals surface area contributed by atoms with Crippen LogP contribution in [0.1, 0.15) is 12.5 Å². The molecular weight excluding hydrogens is 188 g/mol. The van der Waals surface area contributed by atoms with Gasteiger partial charge in [-0.1, -0.05) is 74.1 Å². The highest BCUT2D eigenvalue weighted by molar-refractivity contribution is 6.76. The molecule has 1 unspecified atom stereocenters. The third-order valence-corrected chi connectivity index (χ3v) is 3.99. The van der Waals surface area contributed by atoms with Gasteiger partial charge in [-0.05, 0) is 0 Å². The summed E-state index contributed by atoms with van der Waals surface area (Å²) in [5, 5.41) is 12.4. The van der Waals surface area contributed by atoms with E-state index in [9.17, 15) is 5.11 Å². The van der Waals surface area contributed by atoms with E-state index in [1.54, 1.807) is 6.92 Å². The molecule has 1 aromatic rings. The predicted molar refractivity (Wildman–Crippen MR) is 61.9 cm³/mol. The molecule has 1 nitrogen and oxygen atoms in total. The van der Waals surface area contributed by atoms with Crippen LogP contribution in [0.15, 0.2) is 30.3 Å². The van der Waals surface area contributed by atoms with Gasteiger partial charge in [-0.2, -0.15) is 0 Å². The van der Waals surface area contributed by atoms with Gasteiger partial charge in [-0.3, -0.25) is 0 Å². The summed E-state index contributed by atoms with van der Waals surface area (Å²) in [5.74, 6) is 0. The van der Waals surface area contributed by atoms with Crippen molar-refractivity contribution >= 4 is 8.07 Å². The Morgan fingerprint density at radius 2 is 1.64 bits per heavy atom. The van der Waals surface area contributed by atoms with E-state index in [2.05, 4.69) is 19.6 Å². The van der Waals surface area contributed by atoms with Crippen molar-refractivity contribution in [1.82, 2.24) is 0 Å². The quantitative estimate of drug-likeness (QED) is 0.699. The SMILES string of the molecule is CC([O-])(C[Si](C)(C)C)c1ccccc1. The Hall–Kier alpha value is -0.603. The minimum Gasteiger partial charge on any atom is -0.846 e. The third kappa shape index (κ3) is 3.27. The molecule has 0 radical (unpaired) electrons. The van der Waals surface area contributed by atoms with E-state index in [0.29, 0.717) is 0 Å². The maximum absolute atomic E-state index is 12.4. The van der Waals surface area contributed by atoms with Crippen LogP contribution < -0.4 is 5.11 Å². The molecule has 0 N–H and O–H groups in total. The Morgan fingerprint density at radius 1 is 1.14 bits per heavy atom. The highest BCUT2D eigenvalue weighted by Crippen LogP contribution is 2.27. The first-order valence-corrected chi connectivity index (χ1v) is 8.78. The molecule has 78 valence electrons. The second kappa shape index (κ2) is 3.87. The van der Waals surface area contributed by atoms with Crippen molar-refractivity contribution in [2.24, 2.45) is 0 Å². The Balaban J connectivity index is 2.86. The van der Waals surface area contributed by atoms with Crippen LogP contribution in [0.4, 0.5) is 0 Å².